The second-order valence-corrected chi connectivity index (χ2v) is 7.42. The first-order valence-electron chi connectivity index (χ1n) is 10.2. The summed E-state index contributed by atoms with van der Waals surface area (Å²) in [6.45, 7) is 2.53. The van der Waals surface area contributed by atoms with Gasteiger partial charge < -0.3 is 14.6 Å². The number of halogens is 3. The van der Waals surface area contributed by atoms with Crippen LogP contribution in [0.15, 0.2) is 42.5 Å². The Morgan fingerprint density at radius 2 is 1.94 bits per heavy atom. The molecule has 1 aliphatic rings. The van der Waals surface area contributed by atoms with Crippen LogP contribution in [0.25, 0.3) is 0 Å². The Morgan fingerprint density at radius 3 is 2.58 bits per heavy atom. The van der Waals surface area contributed by atoms with Gasteiger partial charge in [-0.25, -0.2) is 0 Å². The van der Waals surface area contributed by atoms with E-state index >= 15 is 0 Å². The van der Waals surface area contributed by atoms with Crippen molar-refractivity contribution < 1.29 is 32.5 Å². The lowest BCUT2D eigenvalue weighted by Crippen LogP contribution is -2.47. The number of aliphatic carboxylic acids is 1. The summed E-state index contributed by atoms with van der Waals surface area (Å²) in [5.41, 5.74) is -0.228. The minimum absolute atomic E-state index is 0.0239. The Bertz CT molecular complexity index is 916. The number of carbonyl (C=O) groups is 1. The highest BCUT2D eigenvalue weighted by Gasteiger charge is 2.40. The Balaban J connectivity index is 2.21. The zero-order chi connectivity index (χ0) is 22.6. The van der Waals surface area contributed by atoms with Crippen LogP contribution in [0.2, 0.25) is 0 Å². The third-order valence-corrected chi connectivity index (χ3v) is 5.52. The lowest BCUT2D eigenvalue weighted by molar-refractivity contribution is -0.145. The van der Waals surface area contributed by atoms with Crippen LogP contribution >= 0.6 is 0 Å². The number of carboxylic acids is 1. The summed E-state index contributed by atoms with van der Waals surface area (Å²) in [6.07, 6.45) is -2.76. The molecule has 1 aliphatic heterocycles. The normalized spacial score (nSPS) is 18.4. The molecule has 1 saturated heterocycles. The van der Waals surface area contributed by atoms with Crippen molar-refractivity contribution in [3.05, 3.63) is 59.2 Å². The highest BCUT2D eigenvalue weighted by atomic mass is 19.4. The molecule has 2 unspecified atom stereocenters. The van der Waals surface area contributed by atoms with Gasteiger partial charge in [-0.05, 0) is 55.6 Å². The van der Waals surface area contributed by atoms with Crippen molar-refractivity contribution in [1.82, 2.24) is 4.90 Å². The number of piperidine rings is 1. The molecule has 0 radical (unpaired) electrons. The van der Waals surface area contributed by atoms with Gasteiger partial charge in [-0.15, -0.1) is 0 Å². The molecular formula is C23H26F3NO4. The third kappa shape index (κ3) is 4.95. The number of benzene rings is 2. The van der Waals surface area contributed by atoms with E-state index in [4.69, 9.17) is 9.47 Å². The fraction of sp³-hybridized carbons (Fsp3) is 0.435. The molecular weight excluding hydrogens is 411 g/mol. The highest BCUT2D eigenvalue weighted by molar-refractivity contribution is 5.73. The van der Waals surface area contributed by atoms with Crippen LogP contribution in [0.5, 0.6) is 11.5 Å². The number of likely N-dealkylation sites (tertiary alicyclic amines) is 1. The van der Waals surface area contributed by atoms with Gasteiger partial charge >= 0.3 is 12.1 Å². The summed E-state index contributed by atoms with van der Waals surface area (Å²) in [5.74, 6) is -0.171. The van der Waals surface area contributed by atoms with E-state index in [-0.39, 0.29) is 5.56 Å². The van der Waals surface area contributed by atoms with Crippen LogP contribution in [0.4, 0.5) is 13.2 Å². The SMILES string of the molecule is CCOc1cc(C(c2ccccc2C(F)(F)F)N2CCCCC2C(=O)O)ccc1OC. The van der Waals surface area contributed by atoms with E-state index < -0.39 is 29.8 Å². The molecule has 5 nitrogen and oxygen atoms in total. The molecule has 0 saturated carbocycles. The molecule has 0 aliphatic carbocycles. The number of ether oxygens (including phenoxy) is 2. The Kier molecular flexibility index (Phi) is 7.10. The van der Waals surface area contributed by atoms with Gasteiger partial charge in [0.1, 0.15) is 6.04 Å². The van der Waals surface area contributed by atoms with Crippen LogP contribution in [0.1, 0.15) is 48.9 Å². The fourth-order valence-electron chi connectivity index (χ4n) is 4.20. The monoisotopic (exact) mass is 437 g/mol. The largest absolute Gasteiger partial charge is 0.493 e. The van der Waals surface area contributed by atoms with Crippen LogP contribution in [-0.2, 0) is 11.0 Å². The molecule has 3 rings (SSSR count). The Labute approximate surface area is 179 Å². The van der Waals surface area contributed by atoms with Gasteiger partial charge in [0.15, 0.2) is 11.5 Å². The fourth-order valence-corrected chi connectivity index (χ4v) is 4.20. The lowest BCUT2D eigenvalue weighted by Gasteiger charge is -2.40. The summed E-state index contributed by atoms with van der Waals surface area (Å²) in [6, 6.07) is 8.53. The van der Waals surface area contributed by atoms with Gasteiger partial charge in [-0.1, -0.05) is 30.7 Å². The predicted octanol–water partition coefficient (Wildman–Crippen LogP) is 5.14. The van der Waals surface area contributed by atoms with Crippen molar-refractivity contribution in [2.75, 3.05) is 20.3 Å². The number of carboxylic acid groups (broad SMARTS) is 1. The molecule has 0 bridgehead atoms. The molecule has 2 atom stereocenters. The van der Waals surface area contributed by atoms with Gasteiger partial charge in [-0.2, -0.15) is 13.2 Å². The summed E-state index contributed by atoms with van der Waals surface area (Å²) < 4.78 is 52.6. The maximum atomic E-state index is 13.9. The van der Waals surface area contributed by atoms with Gasteiger partial charge in [0.25, 0.3) is 0 Å². The van der Waals surface area contributed by atoms with Gasteiger partial charge in [0, 0.05) is 0 Å². The van der Waals surface area contributed by atoms with Gasteiger partial charge in [0.05, 0.1) is 25.3 Å². The van der Waals surface area contributed by atoms with Crippen LogP contribution in [0.3, 0.4) is 0 Å². The minimum atomic E-state index is -4.57. The maximum absolute atomic E-state index is 13.9. The van der Waals surface area contributed by atoms with Crippen LogP contribution < -0.4 is 9.47 Å². The minimum Gasteiger partial charge on any atom is -0.493 e. The van der Waals surface area contributed by atoms with E-state index in [9.17, 15) is 23.1 Å². The quantitative estimate of drug-likeness (QED) is 0.650. The number of hydrogen-bond acceptors (Lipinski definition) is 4. The molecule has 0 spiro atoms. The molecule has 1 heterocycles. The molecule has 2 aromatic carbocycles. The highest BCUT2D eigenvalue weighted by Crippen LogP contribution is 2.43. The second kappa shape index (κ2) is 9.60. The maximum Gasteiger partial charge on any atom is 0.416 e. The van der Waals surface area contributed by atoms with Crippen molar-refractivity contribution in [3.8, 4) is 11.5 Å². The second-order valence-electron chi connectivity index (χ2n) is 7.42. The average molecular weight is 437 g/mol. The molecule has 8 heteroatoms. The van der Waals surface area contributed by atoms with Crippen LogP contribution in [0, 0.1) is 0 Å². The number of alkyl halides is 3. The molecule has 31 heavy (non-hydrogen) atoms. The van der Waals surface area contributed by atoms with Crippen molar-refractivity contribution in [1.29, 1.82) is 0 Å². The lowest BCUT2D eigenvalue weighted by atomic mass is 9.89. The van der Waals surface area contributed by atoms with E-state index in [0.717, 1.165) is 6.07 Å². The topological polar surface area (TPSA) is 59.0 Å². The first-order chi connectivity index (χ1) is 14.8. The summed E-state index contributed by atoms with van der Waals surface area (Å²) in [4.78, 5) is 13.6. The van der Waals surface area contributed by atoms with Gasteiger partial charge in [-0.3, -0.25) is 9.69 Å². The molecule has 168 valence electrons. The van der Waals surface area contributed by atoms with E-state index in [1.807, 2.05) is 0 Å². The predicted molar refractivity (Wildman–Crippen MR) is 109 cm³/mol. The van der Waals surface area contributed by atoms with E-state index in [2.05, 4.69) is 0 Å². The summed E-state index contributed by atoms with van der Waals surface area (Å²) in [7, 11) is 1.49. The standard InChI is InChI=1S/C23H26F3NO4/c1-3-31-20-14-15(11-12-19(20)30-2)21(27-13-7-6-10-18(27)22(28)29)16-8-4-5-9-17(16)23(24,25)26/h4-5,8-9,11-12,14,18,21H,3,6-7,10,13H2,1-2H3,(H,28,29). The van der Waals surface area contributed by atoms with Crippen molar-refractivity contribution >= 4 is 5.97 Å². The first-order valence-corrected chi connectivity index (χ1v) is 10.2. The summed E-state index contributed by atoms with van der Waals surface area (Å²) >= 11 is 0. The van der Waals surface area contributed by atoms with Crippen LogP contribution in [-0.4, -0.2) is 42.3 Å². The van der Waals surface area contributed by atoms with Gasteiger partial charge in [0.2, 0.25) is 0 Å². The molecule has 0 aromatic heterocycles. The molecule has 0 amide bonds. The average Bonchev–Trinajstić information content (AvgIpc) is 2.74. The van der Waals surface area contributed by atoms with Crippen molar-refractivity contribution in [2.45, 2.75) is 44.4 Å². The Morgan fingerprint density at radius 1 is 1.19 bits per heavy atom. The zero-order valence-electron chi connectivity index (χ0n) is 17.5. The van der Waals surface area contributed by atoms with Crippen molar-refractivity contribution in [2.24, 2.45) is 0 Å². The first kappa shape index (κ1) is 22.9. The summed E-state index contributed by atoms with van der Waals surface area (Å²) in [5, 5.41) is 9.79. The molecule has 1 fully saturated rings. The number of hydrogen-bond donors (Lipinski definition) is 1. The number of nitrogens with zero attached hydrogens (tertiary/aromatic N) is 1. The van der Waals surface area contributed by atoms with E-state index in [1.54, 1.807) is 36.1 Å². The smallest absolute Gasteiger partial charge is 0.416 e. The number of methoxy groups -OCH3 is 1. The Hall–Kier alpha value is -2.74. The number of rotatable bonds is 7. The molecule has 2 aromatic rings. The molecule has 1 N–H and O–H groups in total. The third-order valence-electron chi connectivity index (χ3n) is 5.52. The van der Waals surface area contributed by atoms with Crippen molar-refractivity contribution in [3.63, 3.8) is 0 Å². The van der Waals surface area contributed by atoms with E-state index in [1.165, 1.54) is 19.2 Å². The van der Waals surface area contributed by atoms with E-state index in [0.29, 0.717) is 49.5 Å². The zero-order valence-corrected chi connectivity index (χ0v) is 17.5.